The maximum atomic E-state index is 12.7. The number of amides is 2. The number of nitriles is 1. The van der Waals surface area contributed by atoms with Gasteiger partial charge in [0.2, 0.25) is 0 Å². The number of carbonyl (C=O) groups is 1. The number of nitrogens with one attached hydrogen (secondary N) is 1. The van der Waals surface area contributed by atoms with Gasteiger partial charge in [-0.3, -0.25) is 4.68 Å². The lowest BCUT2D eigenvalue weighted by atomic mass is 9.99. The van der Waals surface area contributed by atoms with Crippen LogP contribution in [-0.2, 0) is 13.5 Å². The van der Waals surface area contributed by atoms with E-state index in [-0.39, 0.29) is 12.1 Å². The van der Waals surface area contributed by atoms with Crippen molar-refractivity contribution in [3.05, 3.63) is 53.3 Å². The van der Waals surface area contributed by atoms with Crippen molar-refractivity contribution in [2.45, 2.75) is 31.7 Å². The van der Waals surface area contributed by atoms with Gasteiger partial charge in [0.15, 0.2) is 0 Å². The van der Waals surface area contributed by atoms with Gasteiger partial charge in [0.25, 0.3) is 0 Å². The maximum absolute atomic E-state index is 12.7. The second-order valence-electron chi connectivity index (χ2n) is 6.38. The Morgan fingerprint density at radius 1 is 1.40 bits per heavy atom. The van der Waals surface area contributed by atoms with Gasteiger partial charge in [-0.25, -0.2) is 4.79 Å². The maximum Gasteiger partial charge on any atom is 0.317 e. The first-order chi connectivity index (χ1) is 12.2. The number of aryl methyl sites for hydroxylation is 1. The van der Waals surface area contributed by atoms with Crippen molar-refractivity contribution in [2.75, 3.05) is 13.1 Å². The van der Waals surface area contributed by atoms with Crippen molar-refractivity contribution in [1.29, 1.82) is 5.26 Å². The highest BCUT2D eigenvalue weighted by atomic mass is 16.2. The number of rotatable bonds is 4. The molecule has 1 aliphatic heterocycles. The van der Waals surface area contributed by atoms with Crippen LogP contribution in [0.15, 0.2) is 36.5 Å². The third-order valence-corrected chi connectivity index (χ3v) is 4.71. The highest BCUT2D eigenvalue weighted by Crippen LogP contribution is 2.30. The number of carbonyl (C=O) groups excluding carboxylic acids is 1. The number of likely N-dealkylation sites (tertiary alicyclic amines) is 1. The third kappa shape index (κ3) is 4.00. The summed E-state index contributed by atoms with van der Waals surface area (Å²) in [5.74, 6) is 0. The summed E-state index contributed by atoms with van der Waals surface area (Å²) < 4.78 is 1.85. The molecule has 1 saturated heterocycles. The molecule has 130 valence electrons. The highest BCUT2D eigenvalue weighted by Gasteiger charge is 2.29. The molecule has 25 heavy (non-hydrogen) atoms. The van der Waals surface area contributed by atoms with Crippen molar-refractivity contribution >= 4 is 6.03 Å². The summed E-state index contributed by atoms with van der Waals surface area (Å²) in [5, 5.41) is 16.2. The number of aromatic nitrogens is 2. The number of urea groups is 1. The van der Waals surface area contributed by atoms with Crippen LogP contribution in [0.1, 0.15) is 42.1 Å². The molecule has 0 aliphatic carbocycles. The fourth-order valence-electron chi connectivity index (χ4n) is 3.40. The predicted molar refractivity (Wildman–Crippen MR) is 94.8 cm³/mol. The van der Waals surface area contributed by atoms with Crippen LogP contribution in [0.25, 0.3) is 0 Å². The largest absolute Gasteiger partial charge is 0.338 e. The molecule has 2 aromatic rings. The molecular weight excluding hydrogens is 314 g/mol. The quantitative estimate of drug-likeness (QED) is 0.932. The predicted octanol–water partition coefficient (Wildman–Crippen LogP) is 2.77. The molecule has 1 atom stereocenters. The van der Waals surface area contributed by atoms with Crippen molar-refractivity contribution in [3.63, 3.8) is 0 Å². The summed E-state index contributed by atoms with van der Waals surface area (Å²) in [4.78, 5) is 14.6. The van der Waals surface area contributed by atoms with Crippen LogP contribution in [0.4, 0.5) is 4.79 Å². The Morgan fingerprint density at radius 2 is 2.28 bits per heavy atom. The summed E-state index contributed by atoms with van der Waals surface area (Å²) in [6.07, 6.45) is 5.62. The van der Waals surface area contributed by atoms with E-state index >= 15 is 0 Å². The SMILES string of the molecule is Cn1nccc1[C@@H]1CCCCN1C(=O)NCCc1cccc(C#N)c1. The van der Waals surface area contributed by atoms with Gasteiger partial charge in [-0.05, 0) is 49.4 Å². The molecule has 0 saturated carbocycles. The lowest BCUT2D eigenvalue weighted by Crippen LogP contribution is -2.45. The van der Waals surface area contributed by atoms with Crippen LogP contribution in [0.2, 0.25) is 0 Å². The molecule has 0 spiro atoms. The van der Waals surface area contributed by atoms with E-state index in [1.54, 1.807) is 12.3 Å². The molecule has 6 nitrogen and oxygen atoms in total. The van der Waals surface area contributed by atoms with Gasteiger partial charge in [0.1, 0.15) is 0 Å². The van der Waals surface area contributed by atoms with Gasteiger partial charge in [0.05, 0.1) is 23.4 Å². The van der Waals surface area contributed by atoms with Gasteiger partial charge in [0, 0.05) is 26.3 Å². The van der Waals surface area contributed by atoms with E-state index in [1.807, 2.05) is 40.9 Å². The minimum atomic E-state index is -0.0256. The Morgan fingerprint density at radius 3 is 3.04 bits per heavy atom. The second-order valence-corrected chi connectivity index (χ2v) is 6.38. The summed E-state index contributed by atoms with van der Waals surface area (Å²) >= 11 is 0. The van der Waals surface area contributed by atoms with Gasteiger partial charge in [-0.15, -0.1) is 0 Å². The number of benzene rings is 1. The molecular formula is C19H23N5O. The van der Waals surface area contributed by atoms with Crippen molar-refractivity contribution < 1.29 is 4.79 Å². The van der Waals surface area contributed by atoms with E-state index < -0.39 is 0 Å². The van der Waals surface area contributed by atoms with Crippen LogP contribution in [0.3, 0.4) is 0 Å². The molecule has 1 aromatic carbocycles. The molecule has 1 fully saturated rings. The van der Waals surface area contributed by atoms with Crippen LogP contribution >= 0.6 is 0 Å². The van der Waals surface area contributed by atoms with E-state index in [0.29, 0.717) is 18.5 Å². The first-order valence-electron chi connectivity index (χ1n) is 8.70. The third-order valence-electron chi connectivity index (χ3n) is 4.71. The summed E-state index contributed by atoms with van der Waals surface area (Å²) in [6, 6.07) is 11.7. The Labute approximate surface area is 148 Å². The molecule has 0 bridgehead atoms. The van der Waals surface area contributed by atoms with E-state index in [1.165, 1.54) is 0 Å². The van der Waals surface area contributed by atoms with Crippen LogP contribution in [-0.4, -0.2) is 33.8 Å². The average Bonchev–Trinajstić information content (AvgIpc) is 3.07. The average molecular weight is 337 g/mol. The van der Waals surface area contributed by atoms with Crippen LogP contribution in [0, 0.1) is 11.3 Å². The van der Waals surface area contributed by atoms with E-state index in [9.17, 15) is 4.79 Å². The zero-order chi connectivity index (χ0) is 17.6. The van der Waals surface area contributed by atoms with Gasteiger partial charge in [-0.1, -0.05) is 12.1 Å². The lowest BCUT2D eigenvalue weighted by Gasteiger charge is -2.35. The summed E-state index contributed by atoms with van der Waals surface area (Å²) in [6.45, 7) is 1.33. The van der Waals surface area contributed by atoms with Gasteiger partial charge in [-0.2, -0.15) is 10.4 Å². The van der Waals surface area contributed by atoms with Gasteiger partial charge >= 0.3 is 6.03 Å². The molecule has 0 unspecified atom stereocenters. The van der Waals surface area contributed by atoms with Crippen molar-refractivity contribution in [2.24, 2.45) is 7.05 Å². The standard InChI is InChI=1S/C19H23N5O/c1-23-17(9-11-22-23)18-7-2-3-12-24(18)19(25)21-10-8-15-5-4-6-16(13-15)14-20/h4-6,9,11,13,18H,2-3,7-8,10,12H2,1H3,(H,21,25)/t18-/m0/s1. The Balaban J connectivity index is 1.59. The van der Waals surface area contributed by atoms with Gasteiger partial charge < -0.3 is 10.2 Å². The number of nitrogens with zero attached hydrogens (tertiary/aromatic N) is 4. The number of piperidine rings is 1. The normalized spacial score (nSPS) is 17.1. The fraction of sp³-hybridized carbons (Fsp3) is 0.421. The molecule has 1 aliphatic rings. The molecule has 6 heteroatoms. The molecule has 0 radical (unpaired) electrons. The molecule has 3 rings (SSSR count). The van der Waals surface area contributed by atoms with Crippen molar-refractivity contribution in [3.8, 4) is 6.07 Å². The number of hydrogen-bond acceptors (Lipinski definition) is 3. The minimum absolute atomic E-state index is 0.0256. The van der Waals surface area contributed by atoms with Crippen LogP contribution in [0.5, 0.6) is 0 Å². The second kappa shape index (κ2) is 7.84. The van der Waals surface area contributed by atoms with E-state index in [2.05, 4.69) is 16.5 Å². The summed E-state index contributed by atoms with van der Waals surface area (Å²) in [7, 11) is 1.92. The first-order valence-corrected chi connectivity index (χ1v) is 8.70. The fourth-order valence-corrected chi connectivity index (χ4v) is 3.40. The molecule has 1 aromatic heterocycles. The van der Waals surface area contributed by atoms with Crippen LogP contribution < -0.4 is 5.32 Å². The number of hydrogen-bond donors (Lipinski definition) is 1. The molecule has 2 amide bonds. The molecule has 2 heterocycles. The zero-order valence-corrected chi connectivity index (χ0v) is 14.5. The van der Waals surface area contributed by atoms with E-state index in [4.69, 9.17) is 5.26 Å². The Hall–Kier alpha value is -2.81. The Kier molecular flexibility index (Phi) is 5.34. The van der Waals surface area contributed by atoms with E-state index in [0.717, 1.165) is 37.1 Å². The Bertz CT molecular complexity index is 776. The highest BCUT2D eigenvalue weighted by molar-refractivity contribution is 5.74. The lowest BCUT2D eigenvalue weighted by molar-refractivity contribution is 0.148. The minimum Gasteiger partial charge on any atom is -0.338 e. The monoisotopic (exact) mass is 337 g/mol. The van der Waals surface area contributed by atoms with Crippen molar-refractivity contribution in [1.82, 2.24) is 20.0 Å². The smallest absolute Gasteiger partial charge is 0.317 e. The topological polar surface area (TPSA) is 74.0 Å². The molecule has 1 N–H and O–H groups in total. The first kappa shape index (κ1) is 17.0. The summed E-state index contributed by atoms with van der Waals surface area (Å²) in [5.41, 5.74) is 2.79. The zero-order valence-electron chi connectivity index (χ0n) is 14.5.